The molecule has 0 aliphatic carbocycles. The van der Waals surface area contributed by atoms with E-state index in [1.165, 1.54) is 18.4 Å². The number of ether oxygens (including phenoxy) is 2. The largest absolute Gasteiger partial charge is 0.484 e. The lowest BCUT2D eigenvalue weighted by atomic mass is 10.1. The van der Waals surface area contributed by atoms with Gasteiger partial charge in [-0.3, -0.25) is 14.4 Å². The predicted octanol–water partition coefficient (Wildman–Crippen LogP) is 3.60. The standard InChI is InChI=1S/C28H30N4O7S/c1-38-28(37)32-13-11-31(12-14-32)23-10-9-19(27(36)30-22(17-26(34)35)24-8-5-15-40-24)16-21(23)29-25(33)18-39-20-6-3-2-4-7-20/h2-10,15-16,22H,11-14,17-18H2,1H3,(H,29,33)(H,30,36)(H,34,35). The number of nitrogens with zero attached hydrogens (tertiary/aromatic N) is 2. The van der Waals surface area contributed by atoms with Crippen LogP contribution in [0.1, 0.15) is 27.7 Å². The first-order chi connectivity index (χ1) is 19.3. The van der Waals surface area contributed by atoms with E-state index in [0.29, 0.717) is 43.3 Å². The fraction of sp³-hybridized carbons (Fsp3) is 0.286. The van der Waals surface area contributed by atoms with Gasteiger partial charge in [-0.05, 0) is 41.8 Å². The lowest BCUT2D eigenvalue weighted by Gasteiger charge is -2.36. The van der Waals surface area contributed by atoms with Crippen molar-refractivity contribution in [1.82, 2.24) is 10.2 Å². The molecule has 2 aromatic carbocycles. The molecule has 1 aliphatic heterocycles. The number of para-hydroxylation sites is 1. The van der Waals surface area contributed by atoms with Gasteiger partial charge in [0.25, 0.3) is 11.8 Å². The zero-order chi connectivity index (χ0) is 28.5. The van der Waals surface area contributed by atoms with Crippen LogP contribution in [-0.2, 0) is 14.3 Å². The van der Waals surface area contributed by atoms with E-state index in [1.54, 1.807) is 59.5 Å². The van der Waals surface area contributed by atoms with Crippen molar-refractivity contribution in [1.29, 1.82) is 0 Å². The molecule has 210 valence electrons. The Balaban J connectivity index is 1.54. The number of amides is 3. The molecular formula is C28H30N4O7S. The molecule has 12 heteroatoms. The van der Waals surface area contributed by atoms with Gasteiger partial charge in [0.1, 0.15) is 5.75 Å². The van der Waals surface area contributed by atoms with Gasteiger partial charge >= 0.3 is 12.1 Å². The SMILES string of the molecule is COC(=O)N1CCN(c2ccc(C(=O)NC(CC(=O)O)c3cccs3)cc2NC(=O)COc2ccccc2)CC1. The average Bonchev–Trinajstić information content (AvgIpc) is 3.51. The first-order valence-corrected chi connectivity index (χ1v) is 13.5. The summed E-state index contributed by atoms with van der Waals surface area (Å²) in [6.07, 6.45) is -0.671. The van der Waals surface area contributed by atoms with Crippen LogP contribution in [0.4, 0.5) is 16.2 Å². The van der Waals surface area contributed by atoms with Crippen molar-refractivity contribution >= 4 is 46.6 Å². The van der Waals surface area contributed by atoms with E-state index in [-0.39, 0.29) is 18.6 Å². The van der Waals surface area contributed by atoms with Gasteiger partial charge in [0.15, 0.2) is 6.61 Å². The topological polar surface area (TPSA) is 138 Å². The molecule has 11 nitrogen and oxygen atoms in total. The maximum Gasteiger partial charge on any atom is 0.409 e. The van der Waals surface area contributed by atoms with Gasteiger partial charge in [-0.15, -0.1) is 11.3 Å². The molecule has 1 unspecified atom stereocenters. The van der Waals surface area contributed by atoms with E-state index in [1.807, 2.05) is 16.3 Å². The smallest absolute Gasteiger partial charge is 0.409 e. The molecule has 4 rings (SSSR count). The van der Waals surface area contributed by atoms with Gasteiger partial charge in [-0.1, -0.05) is 24.3 Å². The van der Waals surface area contributed by atoms with Crippen LogP contribution in [0.2, 0.25) is 0 Å². The molecule has 3 amide bonds. The molecule has 0 bridgehead atoms. The Morgan fingerprint density at radius 1 is 1.00 bits per heavy atom. The summed E-state index contributed by atoms with van der Waals surface area (Å²) in [5.74, 6) is -1.38. The van der Waals surface area contributed by atoms with E-state index in [2.05, 4.69) is 10.6 Å². The summed E-state index contributed by atoms with van der Waals surface area (Å²) < 4.78 is 10.4. The second kappa shape index (κ2) is 13.5. The van der Waals surface area contributed by atoms with Crippen molar-refractivity contribution in [3.63, 3.8) is 0 Å². The number of carboxylic acid groups (broad SMARTS) is 1. The number of hydrogen-bond acceptors (Lipinski definition) is 8. The first kappa shape index (κ1) is 28.4. The molecule has 2 heterocycles. The van der Waals surface area contributed by atoms with Crippen molar-refractivity contribution in [2.24, 2.45) is 0 Å². The molecule has 0 spiro atoms. The minimum atomic E-state index is -1.04. The van der Waals surface area contributed by atoms with Gasteiger partial charge in [-0.25, -0.2) is 4.79 Å². The number of carbonyl (C=O) groups excluding carboxylic acids is 3. The normalized spacial score (nSPS) is 13.7. The van der Waals surface area contributed by atoms with Crippen LogP contribution < -0.4 is 20.3 Å². The second-order valence-electron chi connectivity index (χ2n) is 8.97. The lowest BCUT2D eigenvalue weighted by molar-refractivity contribution is -0.137. The summed E-state index contributed by atoms with van der Waals surface area (Å²) in [5.41, 5.74) is 1.32. The quantitative estimate of drug-likeness (QED) is 0.339. The van der Waals surface area contributed by atoms with Crippen molar-refractivity contribution in [2.75, 3.05) is 50.1 Å². The van der Waals surface area contributed by atoms with Crippen LogP contribution in [0.15, 0.2) is 66.0 Å². The molecular weight excluding hydrogens is 536 g/mol. The molecule has 40 heavy (non-hydrogen) atoms. The summed E-state index contributed by atoms with van der Waals surface area (Å²) in [5, 5.41) is 16.8. The summed E-state index contributed by atoms with van der Waals surface area (Å²) in [4.78, 5) is 53.7. The van der Waals surface area contributed by atoms with Crippen molar-refractivity contribution < 1.29 is 33.8 Å². The van der Waals surface area contributed by atoms with Crippen LogP contribution in [0.5, 0.6) is 5.75 Å². The molecule has 1 saturated heterocycles. The number of anilines is 2. The van der Waals surface area contributed by atoms with Gasteiger partial charge in [0.05, 0.1) is 30.9 Å². The Morgan fingerprint density at radius 3 is 2.40 bits per heavy atom. The second-order valence-corrected chi connectivity index (χ2v) is 9.94. The van der Waals surface area contributed by atoms with Crippen LogP contribution in [0.3, 0.4) is 0 Å². The molecule has 0 saturated carbocycles. The Morgan fingerprint density at radius 2 is 1.75 bits per heavy atom. The zero-order valence-electron chi connectivity index (χ0n) is 21.9. The minimum absolute atomic E-state index is 0.241. The number of aliphatic carboxylic acids is 1. The van der Waals surface area contributed by atoms with Crippen LogP contribution in [-0.4, -0.2) is 73.8 Å². The lowest BCUT2D eigenvalue weighted by Crippen LogP contribution is -2.49. The van der Waals surface area contributed by atoms with Gasteiger partial charge in [0, 0.05) is 36.6 Å². The van der Waals surface area contributed by atoms with Crippen LogP contribution in [0.25, 0.3) is 0 Å². The van der Waals surface area contributed by atoms with E-state index < -0.39 is 29.9 Å². The van der Waals surface area contributed by atoms with Crippen LogP contribution >= 0.6 is 11.3 Å². The number of hydrogen-bond donors (Lipinski definition) is 3. The van der Waals surface area contributed by atoms with Crippen molar-refractivity contribution in [3.8, 4) is 5.75 Å². The van der Waals surface area contributed by atoms with Crippen molar-refractivity contribution in [3.05, 3.63) is 76.5 Å². The third kappa shape index (κ3) is 7.50. The Bertz CT molecular complexity index is 1330. The highest BCUT2D eigenvalue weighted by molar-refractivity contribution is 7.10. The molecule has 1 atom stereocenters. The number of benzene rings is 2. The van der Waals surface area contributed by atoms with Crippen molar-refractivity contribution in [2.45, 2.75) is 12.5 Å². The highest BCUT2D eigenvalue weighted by atomic mass is 32.1. The van der Waals surface area contributed by atoms with E-state index in [4.69, 9.17) is 9.47 Å². The van der Waals surface area contributed by atoms with Crippen LogP contribution in [0, 0.1) is 0 Å². The third-order valence-electron chi connectivity index (χ3n) is 6.27. The van der Waals surface area contributed by atoms with E-state index >= 15 is 0 Å². The maximum absolute atomic E-state index is 13.2. The molecule has 3 aromatic rings. The number of rotatable bonds is 10. The highest BCUT2D eigenvalue weighted by Crippen LogP contribution is 2.30. The monoisotopic (exact) mass is 566 g/mol. The molecule has 1 aromatic heterocycles. The van der Waals surface area contributed by atoms with E-state index in [0.717, 1.165) is 4.88 Å². The fourth-order valence-electron chi connectivity index (χ4n) is 4.29. The Hall–Kier alpha value is -4.58. The first-order valence-electron chi connectivity index (χ1n) is 12.6. The zero-order valence-corrected chi connectivity index (χ0v) is 22.7. The Kier molecular flexibility index (Phi) is 9.57. The molecule has 1 aliphatic rings. The predicted molar refractivity (Wildman–Crippen MR) is 150 cm³/mol. The molecule has 3 N–H and O–H groups in total. The Labute approximate surface area is 235 Å². The summed E-state index contributed by atoms with van der Waals surface area (Å²) in [6, 6.07) is 16.7. The van der Waals surface area contributed by atoms with Gasteiger partial charge < -0.3 is 35.0 Å². The maximum atomic E-state index is 13.2. The number of carbonyl (C=O) groups is 4. The third-order valence-corrected chi connectivity index (χ3v) is 7.26. The number of nitrogens with one attached hydrogen (secondary N) is 2. The molecule has 0 radical (unpaired) electrons. The molecule has 1 fully saturated rings. The average molecular weight is 567 g/mol. The number of thiophene rings is 1. The summed E-state index contributed by atoms with van der Waals surface area (Å²) in [7, 11) is 1.34. The van der Waals surface area contributed by atoms with Gasteiger partial charge in [-0.2, -0.15) is 0 Å². The summed E-state index contributed by atoms with van der Waals surface area (Å²) in [6.45, 7) is 1.59. The van der Waals surface area contributed by atoms with Gasteiger partial charge in [0.2, 0.25) is 0 Å². The van der Waals surface area contributed by atoms with E-state index in [9.17, 15) is 24.3 Å². The number of methoxy groups -OCH3 is 1. The fourth-order valence-corrected chi connectivity index (χ4v) is 5.07. The summed E-state index contributed by atoms with van der Waals surface area (Å²) >= 11 is 1.36. The minimum Gasteiger partial charge on any atom is -0.484 e. The number of piperazine rings is 1. The highest BCUT2D eigenvalue weighted by Gasteiger charge is 2.25. The number of carboxylic acids is 1.